The van der Waals surface area contributed by atoms with Gasteiger partial charge in [-0.3, -0.25) is 9.59 Å². The number of amides is 2. The first-order chi connectivity index (χ1) is 8.45. The Balaban J connectivity index is 2.61. The fraction of sp³-hybridized carbons (Fsp3) is 0.818. The van der Waals surface area contributed by atoms with Crippen LogP contribution in [-0.2, 0) is 9.59 Å². The summed E-state index contributed by atoms with van der Waals surface area (Å²) in [6.45, 7) is 1.02. The smallest absolute Gasteiger partial charge is 0.254 e. The highest BCUT2D eigenvalue weighted by Gasteiger charge is 2.35. The summed E-state index contributed by atoms with van der Waals surface area (Å²) in [7, 11) is 0. The summed E-state index contributed by atoms with van der Waals surface area (Å²) < 4.78 is 0. The maximum atomic E-state index is 11.9. The van der Waals surface area contributed by atoms with Crippen molar-refractivity contribution in [3.05, 3.63) is 0 Å². The van der Waals surface area contributed by atoms with E-state index >= 15 is 0 Å². The fourth-order valence-electron chi connectivity index (χ4n) is 1.97. The number of nitrogens with two attached hydrogens (primary N) is 1. The Morgan fingerprint density at radius 2 is 1.44 bits per heavy atom. The van der Waals surface area contributed by atoms with Crippen molar-refractivity contribution in [2.24, 2.45) is 5.73 Å². The molecule has 0 aromatic carbocycles. The van der Waals surface area contributed by atoms with Gasteiger partial charge in [-0.05, 0) is 12.8 Å². The molecule has 7 nitrogen and oxygen atoms in total. The van der Waals surface area contributed by atoms with Crippen LogP contribution in [0, 0.1) is 0 Å². The second kappa shape index (κ2) is 6.67. The molecule has 0 unspecified atom stereocenters. The van der Waals surface area contributed by atoms with Gasteiger partial charge in [-0.1, -0.05) is 12.8 Å². The highest BCUT2D eigenvalue weighted by molar-refractivity contribution is 5.84. The van der Waals surface area contributed by atoms with E-state index in [9.17, 15) is 24.9 Å². The van der Waals surface area contributed by atoms with Crippen LogP contribution in [0.5, 0.6) is 0 Å². The zero-order valence-electron chi connectivity index (χ0n) is 10.2. The molecule has 0 aromatic rings. The van der Waals surface area contributed by atoms with Gasteiger partial charge >= 0.3 is 0 Å². The third-order valence-electron chi connectivity index (χ3n) is 3.11. The number of aliphatic hydroxyl groups is 3. The third-order valence-corrected chi connectivity index (χ3v) is 3.11. The molecule has 0 aromatic heterocycles. The zero-order chi connectivity index (χ0) is 13.7. The van der Waals surface area contributed by atoms with E-state index in [-0.39, 0.29) is 0 Å². The van der Waals surface area contributed by atoms with Crippen LogP contribution >= 0.6 is 0 Å². The van der Waals surface area contributed by atoms with Crippen LogP contribution < -0.4 is 5.73 Å². The molecule has 1 aliphatic heterocycles. The summed E-state index contributed by atoms with van der Waals surface area (Å²) in [6.07, 6.45) is -1.95. The van der Waals surface area contributed by atoms with E-state index in [0.29, 0.717) is 13.1 Å². The van der Waals surface area contributed by atoms with Gasteiger partial charge in [0.15, 0.2) is 12.2 Å². The summed E-state index contributed by atoms with van der Waals surface area (Å²) in [6, 6.07) is 0. The SMILES string of the molecule is NC(=O)[C@@H](O)[C@H](O)[C@@H](O)C(=O)N1CCCCCC1. The van der Waals surface area contributed by atoms with Crippen LogP contribution in [0.1, 0.15) is 25.7 Å². The maximum absolute atomic E-state index is 11.9. The van der Waals surface area contributed by atoms with Gasteiger partial charge in [0, 0.05) is 13.1 Å². The standard InChI is InChI=1S/C11H20N2O5/c12-10(17)8(15)7(14)9(16)11(18)13-5-3-1-2-4-6-13/h7-9,14-16H,1-6H2,(H2,12,17)/t7-,8-,9+/m0/s1. The van der Waals surface area contributed by atoms with Crippen molar-refractivity contribution < 1.29 is 24.9 Å². The lowest BCUT2D eigenvalue weighted by molar-refractivity contribution is -0.155. The summed E-state index contributed by atoms with van der Waals surface area (Å²) in [5.74, 6) is -1.85. The lowest BCUT2D eigenvalue weighted by Gasteiger charge is -2.27. The Bertz CT molecular complexity index is 302. The Kier molecular flexibility index (Phi) is 5.52. The number of rotatable bonds is 4. The van der Waals surface area contributed by atoms with Gasteiger partial charge in [0.2, 0.25) is 5.91 Å². The van der Waals surface area contributed by atoms with Crippen molar-refractivity contribution in [1.82, 2.24) is 4.90 Å². The second-order valence-electron chi connectivity index (χ2n) is 4.52. The normalized spacial score (nSPS) is 21.8. The van der Waals surface area contributed by atoms with E-state index in [1.807, 2.05) is 0 Å². The highest BCUT2D eigenvalue weighted by Crippen LogP contribution is 2.12. The molecule has 0 spiro atoms. The van der Waals surface area contributed by atoms with Crippen molar-refractivity contribution in [2.45, 2.75) is 44.0 Å². The molecule has 1 fully saturated rings. The highest BCUT2D eigenvalue weighted by atomic mass is 16.4. The minimum Gasteiger partial charge on any atom is -0.387 e. The van der Waals surface area contributed by atoms with Crippen LogP contribution in [0.4, 0.5) is 0 Å². The molecule has 7 heteroatoms. The monoisotopic (exact) mass is 260 g/mol. The van der Waals surface area contributed by atoms with E-state index in [0.717, 1.165) is 25.7 Å². The number of likely N-dealkylation sites (tertiary alicyclic amines) is 1. The van der Waals surface area contributed by atoms with Crippen LogP contribution in [0.2, 0.25) is 0 Å². The minimum atomic E-state index is -1.95. The first-order valence-electron chi connectivity index (χ1n) is 6.07. The van der Waals surface area contributed by atoms with Crippen LogP contribution in [0.25, 0.3) is 0 Å². The number of hydrogen-bond acceptors (Lipinski definition) is 5. The third kappa shape index (κ3) is 3.66. The predicted octanol–water partition coefficient (Wildman–Crippen LogP) is -2.04. The van der Waals surface area contributed by atoms with Crippen LogP contribution in [0.15, 0.2) is 0 Å². The Morgan fingerprint density at radius 3 is 1.89 bits per heavy atom. The first-order valence-corrected chi connectivity index (χ1v) is 6.07. The molecule has 0 bridgehead atoms. The zero-order valence-corrected chi connectivity index (χ0v) is 10.2. The van der Waals surface area contributed by atoms with Gasteiger partial charge in [0.1, 0.15) is 6.10 Å². The van der Waals surface area contributed by atoms with E-state index < -0.39 is 30.1 Å². The van der Waals surface area contributed by atoms with E-state index in [1.54, 1.807) is 0 Å². The molecule has 1 rings (SSSR count). The van der Waals surface area contributed by atoms with Crippen molar-refractivity contribution in [2.75, 3.05) is 13.1 Å². The average molecular weight is 260 g/mol. The number of carbonyl (C=O) groups excluding carboxylic acids is 2. The summed E-state index contributed by atoms with van der Waals surface area (Å²) >= 11 is 0. The van der Waals surface area contributed by atoms with Gasteiger partial charge in [-0.25, -0.2) is 0 Å². The number of carbonyl (C=O) groups is 2. The largest absolute Gasteiger partial charge is 0.387 e. The minimum absolute atomic E-state index is 0.509. The second-order valence-corrected chi connectivity index (χ2v) is 4.52. The quantitative estimate of drug-likeness (QED) is 0.463. The number of primary amides is 1. The molecule has 0 saturated carbocycles. The first kappa shape index (κ1) is 14.9. The molecule has 0 radical (unpaired) electrons. The topological polar surface area (TPSA) is 124 Å². The van der Waals surface area contributed by atoms with Gasteiger partial charge in [0.05, 0.1) is 0 Å². The molecule has 18 heavy (non-hydrogen) atoms. The van der Waals surface area contributed by atoms with E-state index in [2.05, 4.69) is 0 Å². The molecule has 3 atom stereocenters. The summed E-state index contributed by atoms with van der Waals surface area (Å²) in [4.78, 5) is 24.0. The Hall–Kier alpha value is -1.18. The molecule has 2 amide bonds. The van der Waals surface area contributed by atoms with Crippen molar-refractivity contribution in [1.29, 1.82) is 0 Å². The lowest BCUT2D eigenvalue weighted by Crippen LogP contribution is -2.52. The molecular formula is C11H20N2O5. The van der Waals surface area contributed by atoms with Crippen molar-refractivity contribution >= 4 is 11.8 Å². The average Bonchev–Trinajstić information content (AvgIpc) is 2.63. The number of aliphatic hydroxyl groups excluding tert-OH is 3. The fourth-order valence-corrected chi connectivity index (χ4v) is 1.97. The predicted molar refractivity (Wildman–Crippen MR) is 62.3 cm³/mol. The number of hydrogen-bond donors (Lipinski definition) is 4. The molecule has 5 N–H and O–H groups in total. The van der Waals surface area contributed by atoms with Gasteiger partial charge in [-0.15, -0.1) is 0 Å². The summed E-state index contributed by atoms with van der Waals surface area (Å²) in [5.41, 5.74) is 4.79. The van der Waals surface area contributed by atoms with Crippen LogP contribution in [-0.4, -0.2) is 63.4 Å². The molecule has 1 aliphatic rings. The van der Waals surface area contributed by atoms with E-state index in [4.69, 9.17) is 5.73 Å². The Morgan fingerprint density at radius 1 is 0.944 bits per heavy atom. The van der Waals surface area contributed by atoms with Gasteiger partial charge in [-0.2, -0.15) is 0 Å². The molecule has 1 saturated heterocycles. The van der Waals surface area contributed by atoms with Gasteiger partial charge in [0.25, 0.3) is 5.91 Å². The molecule has 1 heterocycles. The maximum Gasteiger partial charge on any atom is 0.254 e. The van der Waals surface area contributed by atoms with Gasteiger partial charge < -0.3 is 26.0 Å². The molecule has 104 valence electrons. The molecular weight excluding hydrogens is 240 g/mol. The van der Waals surface area contributed by atoms with Crippen molar-refractivity contribution in [3.63, 3.8) is 0 Å². The lowest BCUT2D eigenvalue weighted by atomic mass is 10.1. The van der Waals surface area contributed by atoms with E-state index in [1.165, 1.54) is 4.90 Å². The molecule has 0 aliphatic carbocycles. The summed E-state index contributed by atoms with van der Waals surface area (Å²) in [5, 5.41) is 28.3. The Labute approximate surface area is 105 Å². The van der Waals surface area contributed by atoms with Crippen LogP contribution in [0.3, 0.4) is 0 Å². The van der Waals surface area contributed by atoms with Crippen molar-refractivity contribution in [3.8, 4) is 0 Å². The number of nitrogens with zero attached hydrogens (tertiary/aromatic N) is 1.